The van der Waals surface area contributed by atoms with Gasteiger partial charge in [0.25, 0.3) is 0 Å². The zero-order valence-electron chi connectivity index (χ0n) is 11.1. The maximum Gasteiger partial charge on any atom is 0.329 e. The molecule has 0 aliphatic heterocycles. The molecule has 1 aromatic heterocycles. The van der Waals surface area contributed by atoms with Crippen molar-refractivity contribution in [1.29, 1.82) is 0 Å². The summed E-state index contributed by atoms with van der Waals surface area (Å²) in [7, 11) is 0. The van der Waals surface area contributed by atoms with Crippen molar-refractivity contribution in [2.45, 2.75) is 25.4 Å². The van der Waals surface area contributed by atoms with Gasteiger partial charge in [0.05, 0.1) is 13.2 Å². The van der Waals surface area contributed by atoms with Gasteiger partial charge in [-0.2, -0.15) is 0 Å². The number of carbonyl (C=O) groups excluding carboxylic acids is 1. The zero-order chi connectivity index (χ0) is 14.4. The second-order valence-corrected chi connectivity index (χ2v) is 5.65. The molecule has 2 N–H and O–H groups in total. The summed E-state index contributed by atoms with van der Waals surface area (Å²) in [4.78, 5) is 25.4. The molecule has 7 heteroatoms. The molecule has 0 unspecified atom stereocenters. The Kier molecular flexibility index (Phi) is 5.37. The molecule has 1 heterocycles. The van der Waals surface area contributed by atoms with Gasteiger partial charge in [-0.3, -0.25) is 0 Å². The normalized spacial score (nSPS) is 14.0. The number of hydrogen-bond acceptors (Lipinski definition) is 4. The van der Waals surface area contributed by atoms with E-state index in [0.29, 0.717) is 19.1 Å². The molecule has 0 radical (unpaired) electrons. The number of nitrogens with zero attached hydrogens (tertiary/aromatic N) is 1. The smallest absolute Gasteiger partial charge is 0.329 e. The third-order valence-corrected chi connectivity index (χ3v) is 3.76. The first-order valence-electron chi connectivity index (χ1n) is 6.53. The fraction of sp³-hybridized carbons (Fsp3) is 0.538. The van der Waals surface area contributed by atoms with Gasteiger partial charge >= 0.3 is 12.0 Å². The van der Waals surface area contributed by atoms with Crippen LogP contribution in [0.1, 0.15) is 17.7 Å². The van der Waals surface area contributed by atoms with Crippen molar-refractivity contribution >= 4 is 23.3 Å². The highest BCUT2D eigenvalue weighted by molar-refractivity contribution is 7.09. The highest BCUT2D eigenvalue weighted by Gasteiger charge is 2.32. The molecule has 6 nitrogen and oxygen atoms in total. The second kappa shape index (κ2) is 7.25. The molecular weight excluding hydrogens is 280 g/mol. The van der Waals surface area contributed by atoms with Crippen molar-refractivity contribution in [3.63, 3.8) is 0 Å². The number of thiophene rings is 1. The standard InChI is InChI=1S/C13H18N2O4S/c16-12(17)9-19-6-5-14-13(18)15(10-3-4-10)8-11-2-1-7-20-11/h1-2,7,10H,3-6,8-9H2,(H,14,18)(H,16,17). The summed E-state index contributed by atoms with van der Waals surface area (Å²) in [5.41, 5.74) is 0. The number of ether oxygens (including phenoxy) is 1. The predicted octanol–water partition coefficient (Wildman–Crippen LogP) is 1.52. The Labute approximate surface area is 121 Å². The lowest BCUT2D eigenvalue weighted by molar-refractivity contribution is -0.142. The number of amides is 2. The van der Waals surface area contributed by atoms with Crippen molar-refractivity contribution in [1.82, 2.24) is 10.2 Å². The Bertz CT molecular complexity index is 445. The van der Waals surface area contributed by atoms with Gasteiger partial charge in [0.1, 0.15) is 6.61 Å². The first-order chi connectivity index (χ1) is 9.66. The van der Waals surface area contributed by atoms with Gasteiger partial charge in [-0.05, 0) is 24.3 Å². The van der Waals surface area contributed by atoms with E-state index < -0.39 is 5.97 Å². The van der Waals surface area contributed by atoms with Crippen molar-refractivity contribution in [2.75, 3.05) is 19.8 Å². The average Bonchev–Trinajstić information content (AvgIpc) is 3.12. The SMILES string of the molecule is O=C(O)COCCNC(=O)N(Cc1cccs1)C1CC1. The summed E-state index contributed by atoms with van der Waals surface area (Å²) < 4.78 is 4.88. The van der Waals surface area contributed by atoms with Gasteiger partial charge in [0, 0.05) is 17.5 Å². The number of aliphatic carboxylic acids is 1. The lowest BCUT2D eigenvalue weighted by Gasteiger charge is -2.22. The van der Waals surface area contributed by atoms with E-state index in [1.54, 1.807) is 11.3 Å². The fourth-order valence-corrected chi connectivity index (χ4v) is 2.52. The minimum atomic E-state index is -1.01. The van der Waals surface area contributed by atoms with Gasteiger partial charge < -0.3 is 20.1 Å². The summed E-state index contributed by atoms with van der Waals surface area (Å²) in [6.45, 7) is 0.816. The first kappa shape index (κ1) is 14.8. The van der Waals surface area contributed by atoms with Crippen molar-refractivity contribution in [3.8, 4) is 0 Å². The average molecular weight is 298 g/mol. The molecule has 110 valence electrons. The molecule has 0 bridgehead atoms. The predicted molar refractivity (Wildman–Crippen MR) is 74.7 cm³/mol. The van der Waals surface area contributed by atoms with Crippen LogP contribution in [-0.2, 0) is 16.1 Å². The number of carbonyl (C=O) groups is 2. The van der Waals surface area contributed by atoms with E-state index in [4.69, 9.17) is 9.84 Å². The molecule has 1 saturated carbocycles. The van der Waals surface area contributed by atoms with E-state index in [1.165, 1.54) is 0 Å². The summed E-state index contributed by atoms with van der Waals surface area (Å²) in [6.07, 6.45) is 2.10. The van der Waals surface area contributed by atoms with Crippen LogP contribution in [0, 0.1) is 0 Å². The van der Waals surface area contributed by atoms with E-state index in [-0.39, 0.29) is 19.2 Å². The van der Waals surface area contributed by atoms with Crippen LogP contribution in [0.4, 0.5) is 4.79 Å². The van der Waals surface area contributed by atoms with Gasteiger partial charge in [0.2, 0.25) is 0 Å². The molecule has 0 atom stereocenters. The Morgan fingerprint density at radius 3 is 2.90 bits per heavy atom. The minimum absolute atomic E-state index is 0.111. The monoisotopic (exact) mass is 298 g/mol. The summed E-state index contributed by atoms with van der Waals surface area (Å²) in [5.74, 6) is -1.01. The maximum atomic E-state index is 12.1. The maximum absolute atomic E-state index is 12.1. The Balaban J connectivity index is 1.72. The van der Waals surface area contributed by atoms with Crippen LogP contribution in [-0.4, -0.2) is 47.8 Å². The number of hydrogen-bond donors (Lipinski definition) is 2. The van der Waals surface area contributed by atoms with Gasteiger partial charge in [-0.15, -0.1) is 11.3 Å². The van der Waals surface area contributed by atoms with Crippen LogP contribution < -0.4 is 5.32 Å². The summed E-state index contributed by atoms with van der Waals surface area (Å²) in [5, 5.41) is 13.2. The number of rotatable bonds is 8. The van der Waals surface area contributed by atoms with E-state index in [0.717, 1.165) is 17.7 Å². The number of urea groups is 1. The molecule has 0 saturated heterocycles. The van der Waals surface area contributed by atoms with Gasteiger partial charge in [0.15, 0.2) is 0 Å². The molecule has 1 aliphatic rings. The third-order valence-electron chi connectivity index (χ3n) is 2.90. The van der Waals surface area contributed by atoms with Crippen LogP contribution in [0.15, 0.2) is 17.5 Å². The molecule has 2 amide bonds. The quantitative estimate of drug-likeness (QED) is 0.713. The highest BCUT2D eigenvalue weighted by Crippen LogP contribution is 2.29. The van der Waals surface area contributed by atoms with Crippen molar-refractivity contribution in [3.05, 3.63) is 22.4 Å². The molecular formula is C13H18N2O4S. The van der Waals surface area contributed by atoms with Crippen LogP contribution in [0.2, 0.25) is 0 Å². The summed E-state index contributed by atoms with van der Waals surface area (Å²) in [6, 6.07) is 4.21. The number of nitrogens with one attached hydrogen (secondary N) is 1. The van der Waals surface area contributed by atoms with Crippen molar-refractivity contribution in [2.24, 2.45) is 0 Å². The van der Waals surface area contributed by atoms with Crippen molar-refractivity contribution < 1.29 is 19.4 Å². The minimum Gasteiger partial charge on any atom is -0.480 e. The first-order valence-corrected chi connectivity index (χ1v) is 7.41. The van der Waals surface area contributed by atoms with E-state index in [1.807, 2.05) is 22.4 Å². The number of carboxylic acid groups (broad SMARTS) is 1. The second-order valence-electron chi connectivity index (χ2n) is 4.62. The Morgan fingerprint density at radius 1 is 1.50 bits per heavy atom. The fourth-order valence-electron chi connectivity index (χ4n) is 1.81. The van der Waals surface area contributed by atoms with Crippen LogP contribution in [0.25, 0.3) is 0 Å². The molecule has 1 aliphatic carbocycles. The third kappa shape index (κ3) is 4.82. The van der Waals surface area contributed by atoms with E-state index >= 15 is 0 Å². The lowest BCUT2D eigenvalue weighted by atomic mass is 10.4. The van der Waals surface area contributed by atoms with Crippen LogP contribution in [0.5, 0.6) is 0 Å². The van der Waals surface area contributed by atoms with Crippen LogP contribution in [0.3, 0.4) is 0 Å². The molecule has 0 spiro atoms. The summed E-state index contributed by atoms with van der Waals surface area (Å²) >= 11 is 1.64. The molecule has 20 heavy (non-hydrogen) atoms. The largest absolute Gasteiger partial charge is 0.480 e. The van der Waals surface area contributed by atoms with Gasteiger partial charge in [-0.25, -0.2) is 9.59 Å². The Hall–Kier alpha value is -1.60. The van der Waals surface area contributed by atoms with E-state index in [2.05, 4.69) is 5.32 Å². The molecule has 2 rings (SSSR count). The molecule has 0 aromatic carbocycles. The topological polar surface area (TPSA) is 78.9 Å². The Morgan fingerprint density at radius 2 is 2.30 bits per heavy atom. The highest BCUT2D eigenvalue weighted by atomic mass is 32.1. The van der Waals surface area contributed by atoms with E-state index in [9.17, 15) is 9.59 Å². The lowest BCUT2D eigenvalue weighted by Crippen LogP contribution is -2.42. The molecule has 1 aromatic rings. The number of carboxylic acids is 1. The molecule has 1 fully saturated rings. The van der Waals surface area contributed by atoms with Gasteiger partial charge in [-0.1, -0.05) is 6.07 Å². The zero-order valence-corrected chi connectivity index (χ0v) is 11.9. The van der Waals surface area contributed by atoms with Crippen LogP contribution >= 0.6 is 11.3 Å².